The average Bonchev–Trinajstić information content (AvgIpc) is 3.55. The molecule has 1 aliphatic rings. The second kappa shape index (κ2) is 9.57. The molecule has 0 unspecified atom stereocenters. The highest BCUT2D eigenvalue weighted by Crippen LogP contribution is 2.34. The van der Waals surface area contributed by atoms with Gasteiger partial charge < -0.3 is 15.0 Å². The number of H-pyrrole nitrogens is 2. The molecule has 1 fully saturated rings. The van der Waals surface area contributed by atoms with Crippen LogP contribution in [0.5, 0.6) is 5.75 Å². The maximum atomic E-state index is 14.3. The lowest BCUT2D eigenvalue weighted by atomic mass is 9.85. The standard InChI is InChI=1S/C30H24FN7O2/c1-40-21-10-17(8-19(31)11-21)22-6-3-7-24-27(22)36-29(35-24)28-23-12-25(33-15-26(23)37-38-28)18-9-20(14-32-13-18)34-30(39)16-4-2-5-16/h3,6-16H,2,4-5H2,1H3,(H,34,39)(H,35,36)(H,37,38). The van der Waals surface area contributed by atoms with E-state index in [4.69, 9.17) is 9.72 Å². The van der Waals surface area contributed by atoms with E-state index in [1.54, 1.807) is 24.7 Å². The van der Waals surface area contributed by atoms with Crippen molar-refractivity contribution in [1.29, 1.82) is 0 Å². The Morgan fingerprint density at radius 3 is 2.77 bits per heavy atom. The zero-order valence-corrected chi connectivity index (χ0v) is 21.5. The van der Waals surface area contributed by atoms with Gasteiger partial charge in [0.25, 0.3) is 0 Å². The zero-order chi connectivity index (χ0) is 27.2. The van der Waals surface area contributed by atoms with Gasteiger partial charge in [-0.15, -0.1) is 0 Å². The van der Waals surface area contributed by atoms with Crippen LogP contribution in [0.1, 0.15) is 19.3 Å². The maximum Gasteiger partial charge on any atom is 0.227 e. The van der Waals surface area contributed by atoms with Gasteiger partial charge in [-0.25, -0.2) is 9.37 Å². The number of aromatic nitrogens is 6. The summed E-state index contributed by atoms with van der Waals surface area (Å²) in [6.07, 6.45) is 8.03. The molecular formula is C30H24FN7O2. The molecule has 1 aliphatic carbocycles. The maximum absolute atomic E-state index is 14.3. The number of para-hydroxylation sites is 1. The summed E-state index contributed by atoms with van der Waals surface area (Å²) in [5.41, 5.74) is 6.38. The molecule has 2 aromatic carbocycles. The number of fused-ring (bicyclic) bond motifs is 2. The van der Waals surface area contributed by atoms with Crippen molar-refractivity contribution >= 4 is 33.5 Å². The van der Waals surface area contributed by atoms with Crippen LogP contribution in [0, 0.1) is 11.7 Å². The first-order valence-corrected chi connectivity index (χ1v) is 13.0. The number of aromatic amines is 2. The Morgan fingerprint density at radius 2 is 1.95 bits per heavy atom. The highest BCUT2D eigenvalue weighted by atomic mass is 19.1. The first kappa shape index (κ1) is 24.0. The predicted molar refractivity (Wildman–Crippen MR) is 150 cm³/mol. The van der Waals surface area contributed by atoms with Gasteiger partial charge in [0.05, 0.1) is 47.4 Å². The summed E-state index contributed by atoms with van der Waals surface area (Å²) >= 11 is 0. The van der Waals surface area contributed by atoms with Gasteiger partial charge in [-0.1, -0.05) is 18.6 Å². The third-order valence-corrected chi connectivity index (χ3v) is 7.38. The average molecular weight is 534 g/mol. The summed E-state index contributed by atoms with van der Waals surface area (Å²) < 4.78 is 19.5. The summed E-state index contributed by atoms with van der Waals surface area (Å²) in [6, 6.07) is 14.1. The summed E-state index contributed by atoms with van der Waals surface area (Å²) in [7, 11) is 1.51. The number of nitrogens with one attached hydrogen (secondary N) is 3. The molecule has 0 bridgehead atoms. The van der Waals surface area contributed by atoms with Gasteiger partial charge in [-0.05, 0) is 48.7 Å². The van der Waals surface area contributed by atoms with Crippen molar-refractivity contribution in [2.75, 3.05) is 12.4 Å². The molecular weight excluding hydrogens is 509 g/mol. The molecule has 0 saturated heterocycles. The van der Waals surface area contributed by atoms with Crippen molar-refractivity contribution < 1.29 is 13.9 Å². The van der Waals surface area contributed by atoms with Crippen molar-refractivity contribution in [2.45, 2.75) is 19.3 Å². The molecule has 40 heavy (non-hydrogen) atoms. The van der Waals surface area contributed by atoms with Crippen molar-refractivity contribution in [3.8, 4) is 39.7 Å². The number of benzene rings is 2. The molecule has 10 heteroatoms. The predicted octanol–water partition coefficient (Wildman–Crippen LogP) is 6.12. The number of hydrogen-bond acceptors (Lipinski definition) is 6. The molecule has 0 radical (unpaired) electrons. The monoisotopic (exact) mass is 533 g/mol. The summed E-state index contributed by atoms with van der Waals surface area (Å²) in [6.45, 7) is 0. The number of amides is 1. The van der Waals surface area contributed by atoms with Gasteiger partial charge in [-0.2, -0.15) is 5.10 Å². The molecule has 7 rings (SSSR count). The van der Waals surface area contributed by atoms with Gasteiger partial charge in [0.1, 0.15) is 17.3 Å². The topological polar surface area (TPSA) is 121 Å². The molecule has 9 nitrogen and oxygen atoms in total. The minimum atomic E-state index is -0.387. The quantitative estimate of drug-likeness (QED) is 0.237. The number of carbonyl (C=O) groups excluding carboxylic acids is 1. The highest BCUT2D eigenvalue weighted by molar-refractivity contribution is 5.98. The molecule has 1 amide bonds. The second-order valence-electron chi connectivity index (χ2n) is 9.93. The Labute approximate surface area is 227 Å². The van der Waals surface area contributed by atoms with Crippen LogP contribution in [0.3, 0.4) is 0 Å². The van der Waals surface area contributed by atoms with E-state index in [-0.39, 0.29) is 17.6 Å². The lowest BCUT2D eigenvalue weighted by Crippen LogP contribution is -2.28. The largest absolute Gasteiger partial charge is 0.497 e. The molecule has 3 N–H and O–H groups in total. The van der Waals surface area contributed by atoms with E-state index in [1.807, 2.05) is 30.3 Å². The minimum Gasteiger partial charge on any atom is -0.497 e. The van der Waals surface area contributed by atoms with E-state index in [1.165, 1.54) is 19.2 Å². The van der Waals surface area contributed by atoms with E-state index in [9.17, 15) is 9.18 Å². The van der Waals surface area contributed by atoms with Gasteiger partial charge in [0.15, 0.2) is 5.82 Å². The van der Waals surface area contributed by atoms with Crippen molar-refractivity contribution in [2.24, 2.45) is 5.92 Å². The van der Waals surface area contributed by atoms with Crippen LogP contribution >= 0.6 is 0 Å². The first-order chi connectivity index (χ1) is 19.6. The van der Waals surface area contributed by atoms with Crippen LogP contribution in [0.15, 0.2) is 67.1 Å². The fourth-order valence-electron chi connectivity index (χ4n) is 5.03. The fraction of sp³-hybridized carbons (Fsp3) is 0.167. The Morgan fingerprint density at radius 1 is 1.05 bits per heavy atom. The molecule has 6 aromatic rings. The number of anilines is 1. The molecule has 1 saturated carbocycles. The van der Waals surface area contributed by atoms with Crippen molar-refractivity contribution in [3.05, 3.63) is 72.9 Å². The third-order valence-electron chi connectivity index (χ3n) is 7.38. The molecule has 4 heterocycles. The molecule has 0 atom stereocenters. The first-order valence-electron chi connectivity index (χ1n) is 13.0. The fourth-order valence-corrected chi connectivity index (χ4v) is 5.03. The third kappa shape index (κ3) is 4.23. The summed E-state index contributed by atoms with van der Waals surface area (Å²) in [5.74, 6) is 0.725. The Bertz CT molecular complexity index is 1910. The van der Waals surface area contributed by atoms with E-state index in [0.717, 1.165) is 46.8 Å². The Kier molecular flexibility index (Phi) is 5.73. The molecule has 0 spiro atoms. The van der Waals surface area contributed by atoms with Crippen LogP contribution < -0.4 is 10.1 Å². The lowest BCUT2D eigenvalue weighted by Gasteiger charge is -2.24. The van der Waals surface area contributed by atoms with Crippen LogP contribution in [0.2, 0.25) is 0 Å². The van der Waals surface area contributed by atoms with Crippen LogP contribution in [-0.4, -0.2) is 43.2 Å². The number of methoxy groups -OCH3 is 1. The Hall–Kier alpha value is -5.12. The number of hydrogen-bond donors (Lipinski definition) is 3. The van der Waals surface area contributed by atoms with Crippen LogP contribution in [0.4, 0.5) is 10.1 Å². The summed E-state index contributed by atoms with van der Waals surface area (Å²) in [4.78, 5) is 29.5. The number of pyridine rings is 2. The van der Waals surface area contributed by atoms with Gasteiger partial charge in [-0.3, -0.25) is 19.9 Å². The summed E-state index contributed by atoms with van der Waals surface area (Å²) in [5, 5.41) is 11.3. The van der Waals surface area contributed by atoms with E-state index < -0.39 is 0 Å². The Balaban J connectivity index is 1.26. The number of rotatable bonds is 6. The molecule has 198 valence electrons. The van der Waals surface area contributed by atoms with Crippen molar-refractivity contribution in [1.82, 2.24) is 30.1 Å². The van der Waals surface area contributed by atoms with Gasteiger partial charge in [0.2, 0.25) is 5.91 Å². The van der Waals surface area contributed by atoms with Crippen LogP contribution in [0.25, 0.3) is 55.8 Å². The van der Waals surface area contributed by atoms with E-state index in [2.05, 4.69) is 30.5 Å². The minimum absolute atomic E-state index is 0.0340. The van der Waals surface area contributed by atoms with Gasteiger partial charge >= 0.3 is 0 Å². The van der Waals surface area contributed by atoms with Crippen molar-refractivity contribution in [3.63, 3.8) is 0 Å². The SMILES string of the molecule is COc1cc(F)cc(-c2cccc3[nH]c(-c4n[nH]c5cnc(-c6cncc(NC(=O)C7CCC7)c6)cc45)nc23)c1. The van der Waals surface area contributed by atoms with Gasteiger partial charge in [0, 0.05) is 34.7 Å². The van der Waals surface area contributed by atoms with E-state index >= 15 is 0 Å². The number of nitrogens with zero attached hydrogens (tertiary/aromatic N) is 4. The number of carbonyl (C=O) groups is 1. The normalized spacial score (nSPS) is 13.4. The smallest absolute Gasteiger partial charge is 0.227 e. The second-order valence-corrected chi connectivity index (χ2v) is 9.93. The number of ether oxygens (including phenoxy) is 1. The number of halogens is 1. The highest BCUT2D eigenvalue weighted by Gasteiger charge is 2.25. The molecule has 4 aromatic heterocycles. The number of imidazole rings is 1. The zero-order valence-electron chi connectivity index (χ0n) is 21.5. The van der Waals surface area contributed by atoms with Crippen LogP contribution in [-0.2, 0) is 4.79 Å². The lowest BCUT2D eigenvalue weighted by molar-refractivity contribution is -0.122. The molecule has 0 aliphatic heterocycles. The van der Waals surface area contributed by atoms with E-state index in [0.29, 0.717) is 39.7 Å².